The molecule has 1 aliphatic carbocycles. The first-order chi connectivity index (χ1) is 8.79. The Morgan fingerprint density at radius 3 is 2.89 bits per heavy atom. The van der Waals surface area contributed by atoms with Crippen LogP contribution in [0.1, 0.15) is 48.5 Å². The van der Waals surface area contributed by atoms with E-state index in [0.717, 1.165) is 37.8 Å². The molecule has 0 bridgehead atoms. The van der Waals surface area contributed by atoms with Gasteiger partial charge in [-0.05, 0) is 30.9 Å². The van der Waals surface area contributed by atoms with Gasteiger partial charge in [0.15, 0.2) is 0 Å². The monoisotopic (exact) mass is 241 g/mol. The Bertz CT molecular complexity index is 506. The SMILES string of the molecule is CCCCN1C(=O)c2ccccc2C12C=CCC2. The highest BCUT2D eigenvalue weighted by Crippen LogP contribution is 2.46. The molecule has 0 saturated carbocycles. The summed E-state index contributed by atoms with van der Waals surface area (Å²) < 4.78 is 0. The van der Waals surface area contributed by atoms with Crippen molar-refractivity contribution in [3.63, 3.8) is 0 Å². The van der Waals surface area contributed by atoms with Crippen LogP contribution in [0, 0.1) is 0 Å². The lowest BCUT2D eigenvalue weighted by atomic mass is 9.89. The second-order valence-corrected chi connectivity index (χ2v) is 5.22. The van der Waals surface area contributed by atoms with Gasteiger partial charge < -0.3 is 4.90 Å². The van der Waals surface area contributed by atoms with E-state index < -0.39 is 0 Å². The average Bonchev–Trinajstić information content (AvgIpc) is 2.96. The number of carbonyl (C=O) groups excluding carboxylic acids is 1. The van der Waals surface area contributed by atoms with Gasteiger partial charge in [-0.25, -0.2) is 0 Å². The van der Waals surface area contributed by atoms with Crippen molar-refractivity contribution in [3.8, 4) is 0 Å². The molecule has 1 amide bonds. The van der Waals surface area contributed by atoms with Gasteiger partial charge in [0.05, 0.1) is 5.54 Å². The van der Waals surface area contributed by atoms with Crippen LogP contribution in [-0.4, -0.2) is 17.4 Å². The lowest BCUT2D eigenvalue weighted by molar-refractivity contribution is 0.0631. The zero-order valence-electron chi connectivity index (χ0n) is 10.9. The Morgan fingerprint density at radius 2 is 2.17 bits per heavy atom. The maximum Gasteiger partial charge on any atom is 0.255 e. The van der Waals surface area contributed by atoms with E-state index in [0.29, 0.717) is 0 Å². The Labute approximate surface area is 108 Å². The van der Waals surface area contributed by atoms with Gasteiger partial charge >= 0.3 is 0 Å². The molecule has 0 radical (unpaired) electrons. The third-order valence-corrected chi connectivity index (χ3v) is 4.17. The number of nitrogens with zero attached hydrogens (tertiary/aromatic N) is 1. The molecular formula is C16H19NO. The number of fused-ring (bicyclic) bond motifs is 2. The molecule has 1 aromatic carbocycles. The third-order valence-electron chi connectivity index (χ3n) is 4.17. The van der Waals surface area contributed by atoms with Crippen LogP contribution in [0.15, 0.2) is 36.4 Å². The van der Waals surface area contributed by atoms with Crippen molar-refractivity contribution < 1.29 is 4.79 Å². The molecule has 1 atom stereocenters. The Hall–Kier alpha value is -1.57. The molecule has 94 valence electrons. The zero-order chi connectivity index (χ0) is 12.6. The van der Waals surface area contributed by atoms with Crippen LogP contribution in [0.25, 0.3) is 0 Å². The van der Waals surface area contributed by atoms with Gasteiger partial charge in [0.2, 0.25) is 0 Å². The first-order valence-corrected chi connectivity index (χ1v) is 6.89. The maximum absolute atomic E-state index is 12.6. The third kappa shape index (κ3) is 1.45. The lowest BCUT2D eigenvalue weighted by Crippen LogP contribution is -2.41. The number of hydrogen-bond acceptors (Lipinski definition) is 1. The highest BCUT2D eigenvalue weighted by Gasteiger charge is 2.48. The number of allylic oxidation sites excluding steroid dienone is 1. The van der Waals surface area contributed by atoms with Gasteiger partial charge in [0, 0.05) is 12.1 Å². The number of unbranched alkanes of at least 4 members (excludes halogenated alkanes) is 1. The van der Waals surface area contributed by atoms with Crippen molar-refractivity contribution in [2.75, 3.05) is 6.54 Å². The fraction of sp³-hybridized carbons (Fsp3) is 0.438. The fourth-order valence-electron chi connectivity index (χ4n) is 3.25. The molecule has 0 aromatic heterocycles. The van der Waals surface area contributed by atoms with E-state index in [2.05, 4.69) is 30.0 Å². The van der Waals surface area contributed by atoms with Gasteiger partial charge in [-0.3, -0.25) is 4.79 Å². The average molecular weight is 241 g/mol. The quantitative estimate of drug-likeness (QED) is 0.742. The summed E-state index contributed by atoms with van der Waals surface area (Å²) >= 11 is 0. The lowest BCUT2D eigenvalue weighted by Gasteiger charge is -2.34. The number of rotatable bonds is 3. The van der Waals surface area contributed by atoms with Crippen LogP contribution in [0.3, 0.4) is 0 Å². The predicted octanol–water partition coefficient (Wildman–Crippen LogP) is 3.49. The number of carbonyl (C=O) groups is 1. The Balaban J connectivity index is 2.07. The van der Waals surface area contributed by atoms with Crippen LogP contribution in [0.4, 0.5) is 0 Å². The normalized spacial score (nSPS) is 25.2. The fourth-order valence-corrected chi connectivity index (χ4v) is 3.25. The molecule has 2 heteroatoms. The minimum absolute atomic E-state index is 0.136. The van der Waals surface area contributed by atoms with Gasteiger partial charge in [0.25, 0.3) is 5.91 Å². The molecular weight excluding hydrogens is 222 g/mol. The highest BCUT2D eigenvalue weighted by molar-refractivity contribution is 6.00. The second kappa shape index (κ2) is 4.27. The van der Waals surface area contributed by atoms with Crippen LogP contribution < -0.4 is 0 Å². The Morgan fingerprint density at radius 1 is 1.33 bits per heavy atom. The van der Waals surface area contributed by atoms with Crippen LogP contribution >= 0.6 is 0 Å². The number of hydrogen-bond donors (Lipinski definition) is 0. The largest absolute Gasteiger partial charge is 0.325 e. The summed E-state index contributed by atoms with van der Waals surface area (Å²) in [6.07, 6.45) is 8.78. The highest BCUT2D eigenvalue weighted by atomic mass is 16.2. The van der Waals surface area contributed by atoms with Gasteiger partial charge in [-0.15, -0.1) is 0 Å². The van der Waals surface area contributed by atoms with E-state index in [-0.39, 0.29) is 11.4 Å². The zero-order valence-corrected chi connectivity index (χ0v) is 10.9. The van der Waals surface area contributed by atoms with Gasteiger partial charge in [0.1, 0.15) is 0 Å². The molecule has 1 aromatic rings. The van der Waals surface area contributed by atoms with Crippen LogP contribution in [0.5, 0.6) is 0 Å². The van der Waals surface area contributed by atoms with Crippen molar-refractivity contribution in [2.45, 2.75) is 38.1 Å². The summed E-state index contributed by atoms with van der Waals surface area (Å²) in [4.78, 5) is 14.6. The minimum atomic E-state index is -0.136. The smallest absolute Gasteiger partial charge is 0.255 e. The molecule has 18 heavy (non-hydrogen) atoms. The summed E-state index contributed by atoms with van der Waals surface area (Å²) in [5.41, 5.74) is 1.98. The van der Waals surface area contributed by atoms with Crippen LogP contribution in [0.2, 0.25) is 0 Å². The van der Waals surface area contributed by atoms with Gasteiger partial charge in [-0.2, -0.15) is 0 Å². The molecule has 0 saturated heterocycles. The molecule has 1 spiro atoms. The van der Waals surface area contributed by atoms with Gasteiger partial charge in [-0.1, -0.05) is 43.7 Å². The maximum atomic E-state index is 12.6. The van der Waals surface area contributed by atoms with Crippen molar-refractivity contribution >= 4 is 5.91 Å². The van der Waals surface area contributed by atoms with E-state index in [4.69, 9.17) is 0 Å². The molecule has 0 fully saturated rings. The molecule has 2 aliphatic rings. The summed E-state index contributed by atoms with van der Waals surface area (Å²) in [5.74, 6) is 0.214. The summed E-state index contributed by atoms with van der Waals surface area (Å²) in [5, 5.41) is 0. The second-order valence-electron chi connectivity index (χ2n) is 5.22. The number of benzene rings is 1. The van der Waals surface area contributed by atoms with Crippen molar-refractivity contribution in [2.24, 2.45) is 0 Å². The van der Waals surface area contributed by atoms with Crippen molar-refractivity contribution in [1.82, 2.24) is 4.90 Å². The predicted molar refractivity (Wildman–Crippen MR) is 72.4 cm³/mol. The summed E-state index contributed by atoms with van der Waals surface area (Å²) in [7, 11) is 0. The molecule has 2 nitrogen and oxygen atoms in total. The molecule has 3 rings (SSSR count). The topological polar surface area (TPSA) is 20.3 Å². The molecule has 1 heterocycles. The standard InChI is InChI=1S/C16H19NO/c1-2-3-12-17-15(18)13-8-4-5-9-14(13)16(17)10-6-7-11-16/h4-6,8-10H,2-3,7,11-12H2,1H3. The minimum Gasteiger partial charge on any atom is -0.325 e. The van der Waals surface area contributed by atoms with E-state index in [1.54, 1.807) is 0 Å². The van der Waals surface area contributed by atoms with Crippen LogP contribution in [-0.2, 0) is 5.54 Å². The van der Waals surface area contributed by atoms with E-state index in [1.165, 1.54) is 5.56 Å². The number of amides is 1. The van der Waals surface area contributed by atoms with E-state index in [1.807, 2.05) is 18.2 Å². The Kier molecular flexibility index (Phi) is 2.73. The summed E-state index contributed by atoms with van der Waals surface area (Å²) in [6, 6.07) is 8.10. The molecule has 0 N–H and O–H groups in total. The van der Waals surface area contributed by atoms with E-state index in [9.17, 15) is 4.79 Å². The van der Waals surface area contributed by atoms with Crippen molar-refractivity contribution in [1.29, 1.82) is 0 Å². The molecule has 1 aliphatic heterocycles. The van der Waals surface area contributed by atoms with Crippen molar-refractivity contribution in [3.05, 3.63) is 47.5 Å². The summed E-state index contributed by atoms with van der Waals surface area (Å²) in [6.45, 7) is 3.04. The first kappa shape index (κ1) is 11.5. The molecule has 1 unspecified atom stereocenters. The van der Waals surface area contributed by atoms with E-state index >= 15 is 0 Å². The first-order valence-electron chi connectivity index (χ1n) is 6.89.